The molecule has 1 aromatic heterocycles. The fourth-order valence-corrected chi connectivity index (χ4v) is 3.46. The minimum absolute atomic E-state index is 0.149. The second-order valence-corrected chi connectivity index (χ2v) is 10.0. The van der Waals surface area contributed by atoms with E-state index >= 15 is 0 Å². The summed E-state index contributed by atoms with van der Waals surface area (Å²) in [7, 11) is 1.17. The molecule has 0 saturated heterocycles. The number of rotatable bonds is 7. The van der Waals surface area contributed by atoms with Crippen molar-refractivity contribution < 1.29 is 23.8 Å². The summed E-state index contributed by atoms with van der Waals surface area (Å²) in [5.41, 5.74) is 7.29. The minimum Gasteiger partial charge on any atom is -0.491 e. The number of nitrogens with zero attached hydrogens (tertiary/aromatic N) is 3. The quantitative estimate of drug-likeness (QED) is 0.591. The Morgan fingerprint density at radius 3 is 2.35 bits per heavy atom. The largest absolute Gasteiger partial charge is 0.491 e. The monoisotopic (exact) mass is 472 g/mol. The number of hydrogen-bond donors (Lipinski definition) is 1. The average molecular weight is 473 g/mol. The molecule has 2 N–H and O–H groups in total. The highest BCUT2D eigenvalue weighted by molar-refractivity contribution is 6.08. The molecule has 0 saturated carbocycles. The zero-order valence-electron chi connectivity index (χ0n) is 21.3. The number of hydrogen-bond acceptors (Lipinski definition) is 8. The van der Waals surface area contributed by atoms with Gasteiger partial charge in [-0.25, -0.2) is 19.6 Å². The van der Waals surface area contributed by atoms with E-state index in [2.05, 4.69) is 23.8 Å². The maximum atomic E-state index is 12.6. The van der Waals surface area contributed by atoms with Gasteiger partial charge in [-0.1, -0.05) is 13.8 Å². The summed E-state index contributed by atoms with van der Waals surface area (Å²) in [5, 5.41) is 0. The van der Waals surface area contributed by atoms with E-state index in [4.69, 9.17) is 19.9 Å². The SMILES string of the molecule is COC(=O)N(C(=O)OC(C)(C)C)c1nccc(-c2ccc(OCC(C)(N)CC(C)C)c(C)c2)n1. The van der Waals surface area contributed by atoms with Crippen molar-refractivity contribution >= 4 is 18.1 Å². The van der Waals surface area contributed by atoms with Crippen molar-refractivity contribution in [1.29, 1.82) is 0 Å². The standard InChI is InChI=1S/C25H36N4O5/c1-16(2)14-25(7,26)15-33-20-10-9-18(13-17(20)3)19-11-12-27-21(28-19)29(22(30)32-8)23(31)34-24(4,5)6/h9-13,16H,14-15,26H2,1-8H3. The first-order valence-electron chi connectivity index (χ1n) is 11.2. The van der Waals surface area contributed by atoms with E-state index in [1.54, 1.807) is 26.8 Å². The number of amides is 2. The summed E-state index contributed by atoms with van der Waals surface area (Å²) in [5.74, 6) is 1.05. The number of carbonyl (C=O) groups is 2. The Bertz CT molecular complexity index is 1010. The molecule has 34 heavy (non-hydrogen) atoms. The van der Waals surface area contributed by atoms with E-state index in [1.807, 2.05) is 32.0 Å². The van der Waals surface area contributed by atoms with Crippen LogP contribution in [0.4, 0.5) is 15.5 Å². The topological polar surface area (TPSA) is 117 Å². The zero-order chi connectivity index (χ0) is 25.7. The van der Waals surface area contributed by atoms with Gasteiger partial charge in [-0.3, -0.25) is 0 Å². The van der Waals surface area contributed by atoms with E-state index in [0.29, 0.717) is 23.1 Å². The van der Waals surface area contributed by atoms with Crippen molar-refractivity contribution in [2.24, 2.45) is 11.7 Å². The highest BCUT2D eigenvalue weighted by Crippen LogP contribution is 2.27. The van der Waals surface area contributed by atoms with Crippen LogP contribution in [-0.2, 0) is 9.47 Å². The lowest BCUT2D eigenvalue weighted by molar-refractivity contribution is 0.0573. The number of ether oxygens (including phenoxy) is 3. The van der Waals surface area contributed by atoms with Crippen LogP contribution < -0.4 is 15.4 Å². The molecule has 186 valence electrons. The van der Waals surface area contributed by atoms with Gasteiger partial charge >= 0.3 is 12.2 Å². The summed E-state index contributed by atoms with van der Waals surface area (Å²) >= 11 is 0. The van der Waals surface area contributed by atoms with Gasteiger partial charge < -0.3 is 19.9 Å². The third-order valence-electron chi connectivity index (χ3n) is 4.68. The number of aromatic nitrogens is 2. The first kappa shape index (κ1) is 27.0. The Hall–Kier alpha value is -3.20. The molecule has 0 fully saturated rings. The van der Waals surface area contributed by atoms with Gasteiger partial charge in [-0.15, -0.1) is 4.90 Å². The number of methoxy groups -OCH3 is 1. The second-order valence-electron chi connectivity index (χ2n) is 10.0. The van der Waals surface area contributed by atoms with Crippen LogP contribution in [-0.4, -0.2) is 47.0 Å². The highest BCUT2D eigenvalue weighted by Gasteiger charge is 2.32. The molecule has 2 amide bonds. The Kier molecular flexibility index (Phi) is 8.61. The van der Waals surface area contributed by atoms with Crippen LogP contribution in [0, 0.1) is 12.8 Å². The number of imide groups is 1. The van der Waals surface area contributed by atoms with Crippen molar-refractivity contribution in [2.75, 3.05) is 18.6 Å². The summed E-state index contributed by atoms with van der Waals surface area (Å²) in [6.07, 6.45) is 0.436. The first-order chi connectivity index (χ1) is 15.7. The van der Waals surface area contributed by atoms with Crippen molar-refractivity contribution in [3.63, 3.8) is 0 Å². The summed E-state index contributed by atoms with van der Waals surface area (Å²) < 4.78 is 16.0. The third-order valence-corrected chi connectivity index (χ3v) is 4.68. The normalized spacial score (nSPS) is 13.2. The predicted molar refractivity (Wildman–Crippen MR) is 131 cm³/mol. The molecule has 1 heterocycles. The molecule has 1 atom stereocenters. The van der Waals surface area contributed by atoms with Crippen LogP contribution in [0.25, 0.3) is 11.3 Å². The second kappa shape index (κ2) is 10.8. The fraction of sp³-hybridized carbons (Fsp3) is 0.520. The van der Waals surface area contributed by atoms with Crippen molar-refractivity contribution in [3.05, 3.63) is 36.0 Å². The Balaban J connectivity index is 2.29. The van der Waals surface area contributed by atoms with Crippen LogP contribution in [0.1, 0.15) is 53.5 Å². The number of benzene rings is 1. The van der Waals surface area contributed by atoms with Crippen LogP contribution in [0.3, 0.4) is 0 Å². The summed E-state index contributed by atoms with van der Waals surface area (Å²) in [6, 6.07) is 7.29. The molecule has 2 aromatic rings. The zero-order valence-corrected chi connectivity index (χ0v) is 21.3. The van der Waals surface area contributed by atoms with Gasteiger partial charge in [0.2, 0.25) is 5.95 Å². The molecule has 0 radical (unpaired) electrons. The lowest BCUT2D eigenvalue weighted by atomic mass is 9.93. The van der Waals surface area contributed by atoms with E-state index < -0.39 is 23.3 Å². The fourth-order valence-electron chi connectivity index (χ4n) is 3.46. The van der Waals surface area contributed by atoms with E-state index in [9.17, 15) is 9.59 Å². The average Bonchev–Trinajstić information content (AvgIpc) is 2.70. The van der Waals surface area contributed by atoms with Gasteiger partial charge in [-0.2, -0.15) is 0 Å². The molecule has 9 heteroatoms. The van der Waals surface area contributed by atoms with Crippen LogP contribution >= 0.6 is 0 Å². The molecule has 0 aliphatic rings. The number of nitrogens with two attached hydrogens (primary N) is 1. The molecule has 1 aromatic carbocycles. The maximum absolute atomic E-state index is 12.6. The molecular weight excluding hydrogens is 436 g/mol. The van der Waals surface area contributed by atoms with Gasteiger partial charge in [0.15, 0.2) is 0 Å². The highest BCUT2D eigenvalue weighted by atomic mass is 16.6. The maximum Gasteiger partial charge on any atom is 0.427 e. The molecule has 2 rings (SSSR count). The van der Waals surface area contributed by atoms with Gasteiger partial charge in [0.1, 0.15) is 18.0 Å². The van der Waals surface area contributed by atoms with Crippen LogP contribution in [0.15, 0.2) is 30.5 Å². The minimum atomic E-state index is -0.947. The molecule has 0 aliphatic heterocycles. The van der Waals surface area contributed by atoms with Crippen molar-refractivity contribution in [3.8, 4) is 17.0 Å². The van der Waals surface area contributed by atoms with Gasteiger partial charge in [0.05, 0.1) is 12.8 Å². The molecule has 1 unspecified atom stereocenters. The lowest BCUT2D eigenvalue weighted by Gasteiger charge is -2.27. The first-order valence-corrected chi connectivity index (χ1v) is 11.2. The van der Waals surface area contributed by atoms with E-state index in [0.717, 1.165) is 23.3 Å². The number of carbonyl (C=O) groups excluding carboxylic acids is 2. The smallest absolute Gasteiger partial charge is 0.427 e. The van der Waals surface area contributed by atoms with E-state index in [1.165, 1.54) is 13.3 Å². The molecular formula is C25H36N4O5. The molecule has 0 bridgehead atoms. The van der Waals surface area contributed by atoms with Gasteiger partial charge in [0.25, 0.3) is 0 Å². The third kappa shape index (κ3) is 7.69. The Morgan fingerprint density at radius 1 is 1.12 bits per heavy atom. The lowest BCUT2D eigenvalue weighted by Crippen LogP contribution is -2.43. The van der Waals surface area contributed by atoms with Gasteiger partial charge in [-0.05, 0) is 76.8 Å². The van der Waals surface area contributed by atoms with Crippen LogP contribution in [0.5, 0.6) is 5.75 Å². The number of aryl methyl sites for hydroxylation is 1. The van der Waals surface area contributed by atoms with Crippen molar-refractivity contribution in [2.45, 2.75) is 66.0 Å². The van der Waals surface area contributed by atoms with Crippen molar-refractivity contribution in [1.82, 2.24) is 9.97 Å². The Labute approximate surface area is 201 Å². The predicted octanol–water partition coefficient (Wildman–Crippen LogP) is 5.10. The summed E-state index contributed by atoms with van der Waals surface area (Å²) in [4.78, 5) is 34.1. The molecule has 0 spiro atoms. The Morgan fingerprint density at radius 2 is 1.79 bits per heavy atom. The van der Waals surface area contributed by atoms with Gasteiger partial charge in [0, 0.05) is 17.3 Å². The van der Waals surface area contributed by atoms with Crippen LogP contribution in [0.2, 0.25) is 0 Å². The molecule has 0 aliphatic carbocycles. The van der Waals surface area contributed by atoms with E-state index in [-0.39, 0.29) is 5.95 Å². The molecule has 9 nitrogen and oxygen atoms in total. The number of anilines is 1. The summed E-state index contributed by atoms with van der Waals surface area (Å²) in [6.45, 7) is 13.7.